The second kappa shape index (κ2) is 3.10. The average molecular weight is 167 g/mol. The zero-order valence-corrected chi connectivity index (χ0v) is 6.27. The first kappa shape index (κ1) is 8.35. The van der Waals surface area contributed by atoms with Crippen LogP contribution in [0.25, 0.3) is 0 Å². The van der Waals surface area contributed by atoms with Gasteiger partial charge < -0.3 is 10.8 Å². The molecule has 5 N–H and O–H groups in total. The van der Waals surface area contributed by atoms with Gasteiger partial charge in [-0.15, -0.1) is 0 Å². The third kappa shape index (κ3) is 1.30. The van der Waals surface area contributed by atoms with Gasteiger partial charge in [0.05, 0.1) is 5.70 Å². The normalized spacial score (nSPS) is 19.6. The summed E-state index contributed by atoms with van der Waals surface area (Å²) in [4.78, 5) is 10.5. The second-order valence-corrected chi connectivity index (χ2v) is 2.18. The molecule has 0 aromatic heterocycles. The Bertz CT molecular complexity index is 291. The number of hydrogen-bond donors (Lipinski definition) is 3. The minimum absolute atomic E-state index is 0.00537. The topological polar surface area (TPSA) is 92.6 Å². The van der Waals surface area contributed by atoms with E-state index in [1.54, 1.807) is 12.2 Å². The Labute approximate surface area is 69.2 Å². The summed E-state index contributed by atoms with van der Waals surface area (Å²) in [7, 11) is 0. The van der Waals surface area contributed by atoms with E-state index >= 15 is 0 Å². The number of hydrogen-bond acceptors (Lipinski definition) is 4. The van der Waals surface area contributed by atoms with E-state index in [4.69, 9.17) is 16.7 Å². The number of carboxylic acids is 1. The number of aliphatic carboxylic acids is 1. The molecule has 0 atom stereocenters. The molecule has 0 spiro atoms. The summed E-state index contributed by atoms with van der Waals surface area (Å²) >= 11 is 0. The van der Waals surface area contributed by atoms with Crippen LogP contribution in [-0.4, -0.2) is 16.1 Å². The van der Waals surface area contributed by atoms with Crippen LogP contribution >= 0.6 is 0 Å². The number of carbonyl (C=O) groups is 1. The molecular formula is C7H9N3O2. The monoisotopic (exact) mass is 167 g/mol. The van der Waals surface area contributed by atoms with Gasteiger partial charge in [0, 0.05) is 6.20 Å². The summed E-state index contributed by atoms with van der Waals surface area (Å²) in [6.07, 6.45) is 5.83. The molecule has 0 aromatic rings. The number of carboxylic acid groups (broad SMARTS) is 1. The van der Waals surface area contributed by atoms with Gasteiger partial charge in [-0.2, -0.15) is 0 Å². The Morgan fingerprint density at radius 3 is 2.83 bits per heavy atom. The zero-order valence-electron chi connectivity index (χ0n) is 6.27. The molecule has 1 aliphatic rings. The summed E-state index contributed by atoms with van der Waals surface area (Å²) in [5.74, 6) is 4.34. The van der Waals surface area contributed by atoms with Crippen LogP contribution in [0, 0.1) is 0 Å². The van der Waals surface area contributed by atoms with Crippen molar-refractivity contribution in [2.75, 3.05) is 0 Å². The highest BCUT2D eigenvalue weighted by molar-refractivity contribution is 5.87. The summed E-state index contributed by atoms with van der Waals surface area (Å²) in [6, 6.07) is 0. The molecule has 0 aromatic carbocycles. The largest absolute Gasteiger partial charge is 0.477 e. The molecule has 0 saturated heterocycles. The lowest BCUT2D eigenvalue weighted by molar-refractivity contribution is -0.134. The van der Waals surface area contributed by atoms with Crippen molar-refractivity contribution in [1.29, 1.82) is 0 Å². The lowest BCUT2D eigenvalue weighted by Gasteiger charge is -2.21. The van der Waals surface area contributed by atoms with E-state index in [0.29, 0.717) is 5.70 Å². The Kier molecular flexibility index (Phi) is 2.16. The standard InChI is InChI=1S/C7H9N3O2/c8-4-5-2-1-3-6(7(11)12)10(5)9/h1-4H,8-9H2,(H,11,12)/b5-4-. The van der Waals surface area contributed by atoms with Crippen LogP contribution < -0.4 is 11.6 Å². The quantitative estimate of drug-likeness (QED) is 0.458. The third-order valence-electron chi connectivity index (χ3n) is 1.45. The van der Waals surface area contributed by atoms with Gasteiger partial charge in [-0.1, -0.05) is 6.08 Å². The molecule has 1 rings (SSSR count). The Hall–Kier alpha value is -1.75. The van der Waals surface area contributed by atoms with Gasteiger partial charge in [-0.05, 0) is 12.2 Å². The van der Waals surface area contributed by atoms with E-state index in [2.05, 4.69) is 0 Å². The van der Waals surface area contributed by atoms with E-state index in [-0.39, 0.29) is 5.70 Å². The van der Waals surface area contributed by atoms with Gasteiger partial charge in [0.15, 0.2) is 0 Å². The van der Waals surface area contributed by atoms with Crippen LogP contribution in [0.3, 0.4) is 0 Å². The van der Waals surface area contributed by atoms with Gasteiger partial charge in [0.25, 0.3) is 0 Å². The van der Waals surface area contributed by atoms with Gasteiger partial charge in [-0.25, -0.2) is 10.6 Å². The second-order valence-electron chi connectivity index (χ2n) is 2.18. The highest BCUT2D eigenvalue weighted by atomic mass is 16.4. The molecule has 1 heterocycles. The van der Waals surface area contributed by atoms with Crippen molar-refractivity contribution in [2.45, 2.75) is 0 Å². The molecule has 0 aliphatic carbocycles. The van der Waals surface area contributed by atoms with Crippen LogP contribution in [0.15, 0.2) is 35.8 Å². The van der Waals surface area contributed by atoms with Crippen molar-refractivity contribution in [2.24, 2.45) is 11.6 Å². The van der Waals surface area contributed by atoms with Crippen LogP contribution in [0.1, 0.15) is 0 Å². The first-order chi connectivity index (χ1) is 5.66. The van der Waals surface area contributed by atoms with Crippen molar-refractivity contribution in [3.63, 3.8) is 0 Å². The van der Waals surface area contributed by atoms with Gasteiger partial charge in [-0.3, -0.25) is 5.01 Å². The molecular weight excluding hydrogens is 158 g/mol. The first-order valence-electron chi connectivity index (χ1n) is 3.25. The maximum atomic E-state index is 10.5. The fourth-order valence-electron chi connectivity index (χ4n) is 0.848. The maximum absolute atomic E-state index is 10.5. The molecule has 5 nitrogen and oxygen atoms in total. The molecule has 64 valence electrons. The molecule has 12 heavy (non-hydrogen) atoms. The van der Waals surface area contributed by atoms with Crippen LogP contribution in [-0.2, 0) is 4.79 Å². The summed E-state index contributed by atoms with van der Waals surface area (Å²) in [5.41, 5.74) is 5.65. The fourth-order valence-corrected chi connectivity index (χ4v) is 0.848. The summed E-state index contributed by atoms with van der Waals surface area (Å²) in [5, 5.41) is 9.65. The number of nitrogens with zero attached hydrogens (tertiary/aromatic N) is 1. The smallest absolute Gasteiger partial charge is 0.353 e. The van der Waals surface area contributed by atoms with Crippen molar-refractivity contribution >= 4 is 5.97 Å². The predicted octanol–water partition coefficient (Wildman–Crippen LogP) is -0.500. The minimum Gasteiger partial charge on any atom is -0.477 e. The highest BCUT2D eigenvalue weighted by Gasteiger charge is 2.17. The van der Waals surface area contributed by atoms with E-state index in [0.717, 1.165) is 5.01 Å². The molecule has 0 fully saturated rings. The maximum Gasteiger partial charge on any atom is 0.353 e. The van der Waals surface area contributed by atoms with E-state index in [1.807, 2.05) is 0 Å². The minimum atomic E-state index is -1.08. The molecule has 0 amide bonds. The molecule has 0 saturated carbocycles. The van der Waals surface area contributed by atoms with Crippen LogP contribution in [0.4, 0.5) is 0 Å². The lowest BCUT2D eigenvalue weighted by Crippen LogP contribution is -2.34. The molecule has 0 bridgehead atoms. The van der Waals surface area contributed by atoms with Gasteiger partial charge in [0.2, 0.25) is 0 Å². The van der Waals surface area contributed by atoms with Crippen LogP contribution in [0.2, 0.25) is 0 Å². The number of allylic oxidation sites excluding steroid dienone is 3. The Morgan fingerprint density at radius 2 is 2.33 bits per heavy atom. The Balaban J connectivity index is 2.98. The number of rotatable bonds is 1. The zero-order chi connectivity index (χ0) is 9.14. The number of nitrogens with two attached hydrogens (primary N) is 2. The summed E-state index contributed by atoms with van der Waals surface area (Å²) in [6.45, 7) is 0. The third-order valence-corrected chi connectivity index (χ3v) is 1.45. The van der Waals surface area contributed by atoms with E-state index in [9.17, 15) is 4.79 Å². The SMILES string of the molecule is N/C=C1/C=CC=C(C(=O)O)N1N. The molecule has 5 heteroatoms. The van der Waals surface area contributed by atoms with Crippen molar-refractivity contribution in [1.82, 2.24) is 5.01 Å². The van der Waals surface area contributed by atoms with E-state index in [1.165, 1.54) is 12.3 Å². The Morgan fingerprint density at radius 1 is 1.67 bits per heavy atom. The van der Waals surface area contributed by atoms with Crippen molar-refractivity contribution in [3.05, 3.63) is 35.8 Å². The fraction of sp³-hybridized carbons (Fsp3) is 0. The van der Waals surface area contributed by atoms with Crippen molar-refractivity contribution in [3.8, 4) is 0 Å². The van der Waals surface area contributed by atoms with Crippen LogP contribution in [0.5, 0.6) is 0 Å². The van der Waals surface area contributed by atoms with Gasteiger partial charge in [0.1, 0.15) is 5.70 Å². The number of hydrazine groups is 1. The summed E-state index contributed by atoms with van der Waals surface area (Å²) < 4.78 is 0. The van der Waals surface area contributed by atoms with Gasteiger partial charge >= 0.3 is 5.97 Å². The van der Waals surface area contributed by atoms with E-state index < -0.39 is 5.97 Å². The average Bonchev–Trinajstić information content (AvgIpc) is 2.04. The predicted molar refractivity (Wildman–Crippen MR) is 43.2 cm³/mol. The molecule has 0 unspecified atom stereocenters. The lowest BCUT2D eigenvalue weighted by atomic mass is 10.2. The van der Waals surface area contributed by atoms with Crippen molar-refractivity contribution < 1.29 is 9.90 Å². The first-order valence-corrected chi connectivity index (χ1v) is 3.25. The highest BCUT2D eigenvalue weighted by Crippen LogP contribution is 2.13. The molecule has 1 aliphatic heterocycles. The molecule has 0 radical (unpaired) electrons.